The Hall–Kier alpha value is -5.70. The Balaban J connectivity index is 1.22. The highest BCUT2D eigenvalue weighted by Gasteiger charge is 2.41. The number of aryl methyl sites for hydroxylation is 1. The smallest absolute Gasteiger partial charge is 0.245 e. The topological polar surface area (TPSA) is 141 Å². The molecule has 3 atom stereocenters. The zero-order valence-corrected chi connectivity index (χ0v) is 28.1. The summed E-state index contributed by atoms with van der Waals surface area (Å²) in [6, 6.07) is 11.4. The number of imidazole rings is 1. The molecule has 14 nitrogen and oxygen atoms in total. The van der Waals surface area contributed by atoms with E-state index in [1.807, 2.05) is 50.1 Å². The second kappa shape index (κ2) is 12.6. The summed E-state index contributed by atoms with van der Waals surface area (Å²) in [6.45, 7) is 5.73. The molecule has 256 valence electrons. The highest BCUT2D eigenvalue weighted by Crippen LogP contribution is 2.35. The fourth-order valence-corrected chi connectivity index (χ4v) is 7.22. The number of carbonyl (C=O) groups excluding carboxylic acids is 1. The predicted octanol–water partition coefficient (Wildman–Crippen LogP) is 4.01. The van der Waals surface area contributed by atoms with E-state index in [9.17, 15) is 9.18 Å². The number of hydrogen-bond donors (Lipinski definition) is 1. The maximum absolute atomic E-state index is 14.5. The van der Waals surface area contributed by atoms with E-state index in [1.54, 1.807) is 28.0 Å². The van der Waals surface area contributed by atoms with Crippen molar-refractivity contribution in [2.24, 2.45) is 0 Å². The largest absolute Gasteiger partial charge is 0.494 e. The van der Waals surface area contributed by atoms with Crippen LogP contribution in [0.2, 0.25) is 0 Å². The summed E-state index contributed by atoms with van der Waals surface area (Å²) in [6.07, 6.45) is 5.03. The summed E-state index contributed by atoms with van der Waals surface area (Å²) in [5, 5.41) is 8.73. The van der Waals surface area contributed by atoms with Gasteiger partial charge in [-0.25, -0.2) is 34.0 Å². The van der Waals surface area contributed by atoms with Crippen LogP contribution in [0.3, 0.4) is 0 Å². The average Bonchev–Trinajstić information content (AvgIpc) is 3.83. The van der Waals surface area contributed by atoms with Crippen molar-refractivity contribution in [1.29, 1.82) is 0 Å². The van der Waals surface area contributed by atoms with E-state index in [1.165, 1.54) is 25.6 Å². The van der Waals surface area contributed by atoms with E-state index in [0.29, 0.717) is 66.9 Å². The standard InChI is InChI=1S/C35H36FN11O3/c1-5-50-23-17-44(3)34(48)29-14-22(42-35-37-12-11-26(43-35)24-7-6-8-27-31(24)45(18-23)20(2)41-27)16-46(29)32-25-15-40-47(33(25)39-19-38-32)28-10-9-21(36)13-30(28)49-4/h6-13,15,19,22-23,29H,5,14,16-18H2,1-4H3,(H,37,42,43)/t22-,23-,29-/m0/s1. The second-order valence-electron chi connectivity index (χ2n) is 12.6. The Labute approximate surface area is 286 Å². The van der Waals surface area contributed by atoms with Gasteiger partial charge in [0.15, 0.2) is 5.65 Å². The number of methoxy groups -OCH3 is 1. The third-order valence-electron chi connectivity index (χ3n) is 9.44. The molecular weight excluding hydrogens is 641 g/mol. The van der Waals surface area contributed by atoms with E-state index in [-0.39, 0.29) is 18.1 Å². The molecule has 15 heteroatoms. The second-order valence-corrected chi connectivity index (χ2v) is 12.6. The van der Waals surface area contributed by atoms with Crippen molar-refractivity contribution in [3.05, 3.63) is 72.8 Å². The molecule has 0 radical (unpaired) electrons. The van der Waals surface area contributed by atoms with Gasteiger partial charge in [0, 0.05) is 50.6 Å². The number of rotatable bonds is 5. The first-order valence-corrected chi connectivity index (χ1v) is 16.5. The van der Waals surface area contributed by atoms with Crippen molar-refractivity contribution in [1.82, 2.24) is 44.2 Å². The maximum atomic E-state index is 14.5. The van der Waals surface area contributed by atoms with Gasteiger partial charge in [0.25, 0.3) is 0 Å². The number of ether oxygens (including phenoxy) is 2. The number of hydrogen-bond acceptors (Lipinski definition) is 11. The van der Waals surface area contributed by atoms with Crippen LogP contribution in [0.4, 0.5) is 16.2 Å². The minimum atomic E-state index is -0.575. The Morgan fingerprint density at radius 1 is 1.06 bits per heavy atom. The Kier molecular flexibility index (Phi) is 7.98. The van der Waals surface area contributed by atoms with Gasteiger partial charge in [0.2, 0.25) is 11.9 Å². The van der Waals surface area contributed by atoms with E-state index in [4.69, 9.17) is 19.4 Å². The highest BCUT2D eigenvalue weighted by atomic mass is 19.1. The number of para-hydroxylation sites is 1. The molecule has 6 aromatic rings. The summed E-state index contributed by atoms with van der Waals surface area (Å²) in [5.41, 5.74) is 4.54. The van der Waals surface area contributed by atoms with Crippen LogP contribution >= 0.6 is 0 Å². The third-order valence-corrected chi connectivity index (χ3v) is 9.44. The average molecular weight is 678 g/mol. The van der Waals surface area contributed by atoms with Crippen LogP contribution in [0.15, 0.2) is 61.2 Å². The van der Waals surface area contributed by atoms with Crippen LogP contribution in [0.5, 0.6) is 5.75 Å². The summed E-state index contributed by atoms with van der Waals surface area (Å²) < 4.78 is 29.5. The molecule has 0 unspecified atom stereocenters. The lowest BCUT2D eigenvalue weighted by Crippen LogP contribution is -2.47. The Morgan fingerprint density at radius 2 is 1.94 bits per heavy atom. The zero-order valence-electron chi connectivity index (χ0n) is 28.1. The maximum Gasteiger partial charge on any atom is 0.245 e. The molecule has 0 saturated carbocycles. The number of likely N-dealkylation sites (N-methyl/N-ethyl adjacent to an activating group) is 1. The molecule has 50 heavy (non-hydrogen) atoms. The minimum absolute atomic E-state index is 0.0733. The van der Waals surface area contributed by atoms with Crippen LogP contribution < -0.4 is 15.0 Å². The molecule has 2 aliphatic heterocycles. The number of anilines is 2. The van der Waals surface area contributed by atoms with Crippen LogP contribution in [0.25, 0.3) is 39.0 Å². The Morgan fingerprint density at radius 3 is 2.78 bits per heavy atom. The van der Waals surface area contributed by atoms with E-state index >= 15 is 0 Å². The lowest BCUT2D eigenvalue weighted by molar-refractivity contribution is -0.133. The number of nitrogens with one attached hydrogen (secondary N) is 1. The number of amides is 1. The van der Waals surface area contributed by atoms with Crippen molar-refractivity contribution in [2.45, 2.75) is 45.0 Å². The number of carbonyl (C=O) groups is 1. The molecule has 1 saturated heterocycles. The van der Waals surface area contributed by atoms with Crippen molar-refractivity contribution in [3.8, 4) is 22.7 Å². The first-order chi connectivity index (χ1) is 24.3. The molecule has 4 bridgehead atoms. The summed E-state index contributed by atoms with van der Waals surface area (Å²) >= 11 is 0. The molecule has 8 rings (SSSR count). The number of aromatic nitrogens is 8. The number of nitrogens with zero attached hydrogens (tertiary/aromatic N) is 10. The molecular formula is C35H36FN11O3. The summed E-state index contributed by atoms with van der Waals surface area (Å²) in [7, 11) is 3.29. The van der Waals surface area contributed by atoms with Crippen LogP contribution in [0, 0.1) is 12.7 Å². The van der Waals surface area contributed by atoms with Gasteiger partial charge in [0.05, 0.1) is 48.1 Å². The number of fused-ring (bicyclic) bond motifs is 6. The quantitative estimate of drug-likeness (QED) is 0.283. The van der Waals surface area contributed by atoms with Gasteiger partial charge >= 0.3 is 0 Å². The van der Waals surface area contributed by atoms with E-state index in [2.05, 4.69) is 29.9 Å². The van der Waals surface area contributed by atoms with Gasteiger partial charge in [-0.1, -0.05) is 12.1 Å². The monoisotopic (exact) mass is 677 g/mol. The van der Waals surface area contributed by atoms with Crippen molar-refractivity contribution in [2.75, 3.05) is 44.1 Å². The molecule has 6 heterocycles. The lowest BCUT2D eigenvalue weighted by Gasteiger charge is -2.31. The van der Waals surface area contributed by atoms with Crippen LogP contribution in [0.1, 0.15) is 19.2 Å². The molecule has 2 aromatic carbocycles. The van der Waals surface area contributed by atoms with Crippen molar-refractivity contribution < 1.29 is 18.7 Å². The number of halogens is 1. The minimum Gasteiger partial charge on any atom is -0.494 e. The first-order valence-electron chi connectivity index (χ1n) is 16.5. The molecule has 4 aromatic heterocycles. The van der Waals surface area contributed by atoms with Crippen LogP contribution in [-0.4, -0.2) is 102 Å². The molecule has 0 aliphatic carbocycles. The van der Waals surface area contributed by atoms with Gasteiger partial charge in [-0.15, -0.1) is 0 Å². The fraction of sp³-hybridized carbons (Fsp3) is 0.343. The van der Waals surface area contributed by atoms with Gasteiger partial charge in [-0.2, -0.15) is 5.10 Å². The Bertz CT molecular complexity index is 2240. The van der Waals surface area contributed by atoms with Gasteiger partial charge in [-0.3, -0.25) is 4.79 Å². The third kappa shape index (κ3) is 5.43. The van der Waals surface area contributed by atoms with E-state index in [0.717, 1.165) is 28.1 Å². The van der Waals surface area contributed by atoms with Crippen molar-refractivity contribution >= 4 is 39.7 Å². The van der Waals surface area contributed by atoms with Gasteiger partial charge in [0.1, 0.15) is 41.3 Å². The summed E-state index contributed by atoms with van der Waals surface area (Å²) in [5.74, 6) is 1.67. The molecule has 0 spiro atoms. The highest BCUT2D eigenvalue weighted by molar-refractivity contribution is 5.93. The number of benzene rings is 2. The van der Waals surface area contributed by atoms with E-state index < -0.39 is 11.9 Å². The van der Waals surface area contributed by atoms with Crippen molar-refractivity contribution in [3.63, 3.8) is 0 Å². The molecule has 1 fully saturated rings. The summed E-state index contributed by atoms with van der Waals surface area (Å²) in [4.78, 5) is 41.8. The van der Waals surface area contributed by atoms with Gasteiger partial charge < -0.3 is 29.2 Å². The molecule has 1 amide bonds. The zero-order chi connectivity index (χ0) is 34.5. The SMILES string of the molecule is CCO[C@H]1CN(C)C(=O)[C@@H]2C[C@@H](CN2c2ncnc3c2cnn3-c2ccc(F)cc2OC)Nc2nccc(n2)-c2cccc3nc(C)n(c23)C1. The predicted molar refractivity (Wildman–Crippen MR) is 185 cm³/mol. The molecule has 1 N–H and O–H groups in total. The first kappa shape index (κ1) is 31.6. The lowest BCUT2D eigenvalue weighted by atomic mass is 10.1. The van der Waals surface area contributed by atoms with Gasteiger partial charge in [-0.05, 0) is 44.5 Å². The molecule has 2 aliphatic rings. The normalized spacial score (nSPS) is 19.5. The van der Waals surface area contributed by atoms with Crippen LogP contribution in [-0.2, 0) is 16.1 Å². The fourth-order valence-electron chi connectivity index (χ4n) is 7.22.